The van der Waals surface area contributed by atoms with Crippen LogP contribution >= 0.6 is 11.3 Å². The van der Waals surface area contributed by atoms with E-state index in [1.54, 1.807) is 18.4 Å². The lowest BCUT2D eigenvalue weighted by Gasteiger charge is -2.13. The summed E-state index contributed by atoms with van der Waals surface area (Å²) in [5, 5.41) is 0.966. The van der Waals surface area contributed by atoms with Crippen molar-refractivity contribution in [2.45, 2.75) is 26.5 Å². The molecule has 1 unspecified atom stereocenters. The second kappa shape index (κ2) is 5.61. The van der Waals surface area contributed by atoms with E-state index < -0.39 is 0 Å². The van der Waals surface area contributed by atoms with E-state index in [2.05, 4.69) is 11.9 Å². The Morgan fingerprint density at radius 2 is 2.06 bits per heavy atom. The first-order valence-electron chi connectivity index (χ1n) is 5.89. The van der Waals surface area contributed by atoms with Crippen LogP contribution in [-0.4, -0.2) is 12.1 Å². The first-order valence-corrected chi connectivity index (χ1v) is 6.71. The van der Waals surface area contributed by atoms with Gasteiger partial charge >= 0.3 is 0 Å². The SMILES string of the molecule is COCc1ccccc1C(N)c1nc(C)c(C)s1. The van der Waals surface area contributed by atoms with Crippen LogP contribution in [0.4, 0.5) is 0 Å². The molecule has 0 aliphatic carbocycles. The molecule has 0 saturated carbocycles. The molecule has 18 heavy (non-hydrogen) atoms. The number of aromatic nitrogens is 1. The summed E-state index contributed by atoms with van der Waals surface area (Å²) in [7, 11) is 1.69. The van der Waals surface area contributed by atoms with Crippen LogP contribution in [0.1, 0.15) is 32.7 Å². The van der Waals surface area contributed by atoms with Gasteiger partial charge in [0.1, 0.15) is 5.01 Å². The summed E-state index contributed by atoms with van der Waals surface area (Å²) >= 11 is 1.67. The molecule has 1 aromatic carbocycles. The Morgan fingerprint density at radius 3 is 2.67 bits per heavy atom. The second-order valence-electron chi connectivity index (χ2n) is 4.30. The minimum Gasteiger partial charge on any atom is -0.380 e. The van der Waals surface area contributed by atoms with Crippen LogP contribution in [0.3, 0.4) is 0 Å². The highest BCUT2D eigenvalue weighted by molar-refractivity contribution is 7.11. The molecule has 0 aliphatic rings. The molecule has 0 spiro atoms. The number of ether oxygens (including phenoxy) is 1. The summed E-state index contributed by atoms with van der Waals surface area (Å²) in [6, 6.07) is 7.93. The lowest BCUT2D eigenvalue weighted by molar-refractivity contribution is 0.184. The van der Waals surface area contributed by atoms with Gasteiger partial charge in [0.25, 0.3) is 0 Å². The topological polar surface area (TPSA) is 48.1 Å². The van der Waals surface area contributed by atoms with Crippen LogP contribution in [0.25, 0.3) is 0 Å². The number of hydrogen-bond acceptors (Lipinski definition) is 4. The van der Waals surface area contributed by atoms with Gasteiger partial charge < -0.3 is 10.5 Å². The zero-order valence-electron chi connectivity index (χ0n) is 10.9. The number of methoxy groups -OCH3 is 1. The van der Waals surface area contributed by atoms with E-state index in [0.717, 1.165) is 21.8 Å². The smallest absolute Gasteiger partial charge is 0.114 e. The Hall–Kier alpha value is -1.23. The van der Waals surface area contributed by atoms with Crippen molar-refractivity contribution in [1.29, 1.82) is 0 Å². The zero-order chi connectivity index (χ0) is 13.1. The number of nitrogens with zero attached hydrogens (tertiary/aromatic N) is 1. The molecule has 2 aromatic rings. The van der Waals surface area contributed by atoms with Gasteiger partial charge in [-0.2, -0.15) is 0 Å². The van der Waals surface area contributed by atoms with Crippen LogP contribution in [0.5, 0.6) is 0 Å². The molecule has 1 heterocycles. The highest BCUT2D eigenvalue weighted by Gasteiger charge is 2.17. The van der Waals surface area contributed by atoms with Crippen molar-refractivity contribution in [3.63, 3.8) is 0 Å². The molecule has 1 aromatic heterocycles. The van der Waals surface area contributed by atoms with Gasteiger partial charge in [-0.1, -0.05) is 24.3 Å². The first kappa shape index (κ1) is 13.2. The molecule has 2 rings (SSSR count). The Kier molecular flexibility index (Phi) is 4.11. The Morgan fingerprint density at radius 1 is 1.33 bits per heavy atom. The minimum atomic E-state index is -0.172. The lowest BCUT2D eigenvalue weighted by Crippen LogP contribution is -2.14. The standard InChI is InChI=1S/C14H18N2OS/c1-9-10(2)18-14(16-9)13(15)12-7-5-4-6-11(12)8-17-3/h4-7,13H,8,15H2,1-3H3. The number of aryl methyl sites for hydroxylation is 2. The molecule has 2 N–H and O–H groups in total. The number of nitrogens with two attached hydrogens (primary N) is 1. The van der Waals surface area contributed by atoms with Gasteiger partial charge in [0, 0.05) is 12.0 Å². The molecule has 96 valence electrons. The maximum absolute atomic E-state index is 6.32. The third-order valence-electron chi connectivity index (χ3n) is 3.00. The molecule has 1 atom stereocenters. The molecular weight excluding hydrogens is 244 g/mol. The van der Waals surface area contributed by atoms with E-state index in [4.69, 9.17) is 10.5 Å². The van der Waals surface area contributed by atoms with Crippen LogP contribution in [0.15, 0.2) is 24.3 Å². The van der Waals surface area contributed by atoms with Gasteiger partial charge in [-0.25, -0.2) is 4.98 Å². The summed E-state index contributed by atoms with van der Waals surface area (Å²) < 4.78 is 5.21. The highest BCUT2D eigenvalue weighted by atomic mass is 32.1. The van der Waals surface area contributed by atoms with Gasteiger partial charge in [-0.15, -0.1) is 11.3 Å². The minimum absolute atomic E-state index is 0.172. The number of benzene rings is 1. The fourth-order valence-electron chi connectivity index (χ4n) is 1.89. The quantitative estimate of drug-likeness (QED) is 0.921. The van der Waals surface area contributed by atoms with Crippen LogP contribution in [0.2, 0.25) is 0 Å². The van der Waals surface area contributed by atoms with E-state index in [-0.39, 0.29) is 6.04 Å². The Labute approximate surface area is 112 Å². The average Bonchev–Trinajstić information content (AvgIpc) is 2.70. The van der Waals surface area contributed by atoms with Gasteiger partial charge in [-0.3, -0.25) is 0 Å². The predicted molar refractivity (Wildman–Crippen MR) is 74.8 cm³/mol. The third kappa shape index (κ3) is 2.61. The highest BCUT2D eigenvalue weighted by Crippen LogP contribution is 2.28. The average molecular weight is 262 g/mol. The van der Waals surface area contributed by atoms with Crippen molar-refractivity contribution in [2.24, 2.45) is 5.73 Å². The van der Waals surface area contributed by atoms with Crippen molar-refractivity contribution in [3.8, 4) is 0 Å². The molecule has 0 amide bonds. The molecule has 0 fully saturated rings. The molecule has 0 saturated heterocycles. The summed E-state index contributed by atoms with van der Waals surface area (Å²) in [6.45, 7) is 4.67. The normalized spacial score (nSPS) is 12.7. The van der Waals surface area contributed by atoms with Gasteiger partial charge in [-0.05, 0) is 25.0 Å². The van der Waals surface area contributed by atoms with E-state index in [1.165, 1.54) is 4.88 Å². The number of rotatable bonds is 4. The maximum Gasteiger partial charge on any atom is 0.114 e. The number of thiazole rings is 1. The maximum atomic E-state index is 6.32. The second-order valence-corrected chi connectivity index (χ2v) is 5.54. The lowest BCUT2D eigenvalue weighted by atomic mass is 10.0. The van der Waals surface area contributed by atoms with Crippen LogP contribution in [0, 0.1) is 13.8 Å². The molecule has 0 bridgehead atoms. The Bertz CT molecular complexity index is 517. The molecule has 0 radical (unpaired) electrons. The molecule has 3 nitrogen and oxygen atoms in total. The fourth-order valence-corrected chi connectivity index (χ4v) is 2.83. The van der Waals surface area contributed by atoms with E-state index >= 15 is 0 Å². The third-order valence-corrected chi connectivity index (χ3v) is 4.16. The van der Waals surface area contributed by atoms with E-state index in [1.807, 2.05) is 31.2 Å². The van der Waals surface area contributed by atoms with Crippen LogP contribution in [-0.2, 0) is 11.3 Å². The van der Waals surface area contributed by atoms with E-state index in [9.17, 15) is 0 Å². The molecule has 0 aliphatic heterocycles. The van der Waals surface area contributed by atoms with Crippen molar-refractivity contribution >= 4 is 11.3 Å². The fraction of sp³-hybridized carbons (Fsp3) is 0.357. The van der Waals surface area contributed by atoms with Crippen molar-refractivity contribution in [2.75, 3.05) is 7.11 Å². The first-order chi connectivity index (χ1) is 8.63. The van der Waals surface area contributed by atoms with Crippen molar-refractivity contribution in [3.05, 3.63) is 51.0 Å². The van der Waals surface area contributed by atoms with Gasteiger partial charge in [0.2, 0.25) is 0 Å². The largest absolute Gasteiger partial charge is 0.380 e. The molecule has 4 heteroatoms. The van der Waals surface area contributed by atoms with Crippen molar-refractivity contribution < 1.29 is 4.74 Å². The summed E-state index contributed by atoms with van der Waals surface area (Å²) in [4.78, 5) is 5.77. The monoisotopic (exact) mass is 262 g/mol. The van der Waals surface area contributed by atoms with E-state index in [0.29, 0.717) is 6.61 Å². The van der Waals surface area contributed by atoms with Gasteiger partial charge in [0.05, 0.1) is 18.3 Å². The summed E-state index contributed by atoms with van der Waals surface area (Å²) in [6.07, 6.45) is 0. The van der Waals surface area contributed by atoms with Gasteiger partial charge in [0.15, 0.2) is 0 Å². The van der Waals surface area contributed by atoms with Crippen molar-refractivity contribution in [1.82, 2.24) is 4.98 Å². The summed E-state index contributed by atoms with van der Waals surface area (Å²) in [5.74, 6) is 0. The summed E-state index contributed by atoms with van der Waals surface area (Å²) in [5.41, 5.74) is 9.60. The van der Waals surface area contributed by atoms with Crippen LogP contribution < -0.4 is 5.73 Å². The molecular formula is C14H18N2OS. The number of hydrogen-bond donors (Lipinski definition) is 1. The predicted octanol–water partition coefficient (Wildman–Crippen LogP) is 2.95. The zero-order valence-corrected chi connectivity index (χ0v) is 11.8. The Balaban J connectivity index is 2.36.